The van der Waals surface area contributed by atoms with Crippen LogP contribution in [0.4, 0.5) is 0 Å². The number of hydrogen-bond donors (Lipinski definition) is 2. The van der Waals surface area contributed by atoms with Gasteiger partial charge in [0.25, 0.3) is 5.91 Å². The largest absolute Gasteiger partial charge is 0.461 e. The molecule has 3 aromatic heterocycles. The van der Waals surface area contributed by atoms with Gasteiger partial charge in [-0.1, -0.05) is 0 Å². The molecule has 0 aliphatic rings. The maximum atomic E-state index is 12.2. The number of H-pyrrole nitrogens is 1. The quantitative estimate of drug-likeness (QED) is 0.631. The Morgan fingerprint density at radius 1 is 1.40 bits per heavy atom. The summed E-state index contributed by atoms with van der Waals surface area (Å²) in [6.07, 6.45) is 4.67. The Morgan fingerprint density at radius 3 is 3.04 bits per heavy atom. The lowest BCUT2D eigenvalue weighted by atomic mass is 10.3. The molecule has 0 atom stereocenters. The molecule has 0 saturated carbocycles. The summed E-state index contributed by atoms with van der Waals surface area (Å²) in [4.78, 5) is 42.0. The number of rotatable bonds is 6. The topological polar surface area (TPSA) is 110 Å². The number of ether oxygens (including phenoxy) is 1. The first-order valence-electron chi connectivity index (χ1n) is 7.76. The molecule has 0 saturated heterocycles. The van der Waals surface area contributed by atoms with Crippen LogP contribution in [0.1, 0.15) is 27.9 Å². The Kier molecular flexibility index (Phi) is 4.64. The lowest BCUT2D eigenvalue weighted by molar-refractivity contribution is 0.0519. The SMILES string of the molecule is CCOC(=O)c1cn(CCNC(=O)c2cc3cccn3c(=O)[nH]2)cn1. The number of aromatic nitrogens is 4. The zero-order chi connectivity index (χ0) is 17.8. The molecule has 130 valence electrons. The van der Waals surface area contributed by atoms with Crippen LogP contribution in [0.15, 0.2) is 41.7 Å². The minimum atomic E-state index is -0.483. The van der Waals surface area contributed by atoms with Gasteiger partial charge in [-0.15, -0.1) is 0 Å². The number of esters is 1. The van der Waals surface area contributed by atoms with Gasteiger partial charge in [-0.2, -0.15) is 0 Å². The maximum Gasteiger partial charge on any atom is 0.358 e. The fourth-order valence-corrected chi connectivity index (χ4v) is 2.36. The van der Waals surface area contributed by atoms with E-state index in [2.05, 4.69) is 15.3 Å². The molecule has 3 heterocycles. The molecule has 0 fully saturated rings. The van der Waals surface area contributed by atoms with Crippen LogP contribution in [0, 0.1) is 0 Å². The highest BCUT2D eigenvalue weighted by atomic mass is 16.5. The Bertz CT molecular complexity index is 968. The number of hydrogen-bond acceptors (Lipinski definition) is 5. The zero-order valence-corrected chi connectivity index (χ0v) is 13.6. The lowest BCUT2D eigenvalue weighted by Crippen LogP contribution is -2.30. The summed E-state index contributed by atoms with van der Waals surface area (Å²) in [5.74, 6) is -0.866. The molecule has 3 aromatic rings. The maximum absolute atomic E-state index is 12.2. The van der Waals surface area contributed by atoms with E-state index in [0.717, 1.165) is 0 Å². The van der Waals surface area contributed by atoms with Crippen molar-refractivity contribution < 1.29 is 14.3 Å². The summed E-state index contributed by atoms with van der Waals surface area (Å²) < 4.78 is 7.95. The molecule has 0 aromatic carbocycles. The number of nitrogens with one attached hydrogen (secondary N) is 2. The van der Waals surface area contributed by atoms with Crippen molar-refractivity contribution in [3.05, 3.63) is 58.8 Å². The third-order valence-electron chi connectivity index (χ3n) is 3.55. The molecular weight excluding hydrogens is 326 g/mol. The van der Waals surface area contributed by atoms with Crippen molar-refractivity contribution in [3.8, 4) is 0 Å². The van der Waals surface area contributed by atoms with Crippen LogP contribution in [-0.2, 0) is 11.3 Å². The summed E-state index contributed by atoms with van der Waals surface area (Å²) in [5.41, 5.74) is 0.675. The molecule has 9 heteroatoms. The van der Waals surface area contributed by atoms with Crippen LogP contribution in [0.3, 0.4) is 0 Å². The van der Waals surface area contributed by atoms with Crippen molar-refractivity contribution >= 4 is 17.4 Å². The van der Waals surface area contributed by atoms with E-state index in [0.29, 0.717) is 18.6 Å². The molecular formula is C16H17N5O4. The third-order valence-corrected chi connectivity index (χ3v) is 3.55. The number of carbonyl (C=O) groups is 2. The fraction of sp³-hybridized carbons (Fsp3) is 0.250. The summed E-state index contributed by atoms with van der Waals surface area (Å²) in [7, 11) is 0. The standard InChI is InChI=1S/C16H17N5O4/c1-2-25-15(23)13-9-20(10-18-13)7-5-17-14(22)12-8-11-4-3-6-21(11)16(24)19-12/h3-4,6,8-10H,2,5,7H2,1H3,(H,17,22)(H,19,24). The first kappa shape index (κ1) is 16.5. The normalized spacial score (nSPS) is 10.8. The number of nitrogens with zero attached hydrogens (tertiary/aromatic N) is 3. The van der Waals surface area contributed by atoms with E-state index in [1.54, 1.807) is 42.1 Å². The summed E-state index contributed by atoms with van der Waals surface area (Å²) in [6, 6.07) is 5.08. The Labute approximate surface area is 142 Å². The van der Waals surface area contributed by atoms with E-state index >= 15 is 0 Å². The third kappa shape index (κ3) is 3.60. The van der Waals surface area contributed by atoms with Crippen molar-refractivity contribution in [3.63, 3.8) is 0 Å². The van der Waals surface area contributed by atoms with Crippen molar-refractivity contribution in [2.75, 3.05) is 13.2 Å². The lowest BCUT2D eigenvalue weighted by Gasteiger charge is -2.06. The predicted molar refractivity (Wildman–Crippen MR) is 88.5 cm³/mol. The summed E-state index contributed by atoms with van der Waals surface area (Å²) in [5, 5.41) is 2.71. The van der Waals surface area contributed by atoms with Crippen molar-refractivity contribution in [2.45, 2.75) is 13.5 Å². The molecule has 0 aliphatic carbocycles. The van der Waals surface area contributed by atoms with Gasteiger partial charge in [0.15, 0.2) is 5.69 Å². The van der Waals surface area contributed by atoms with E-state index < -0.39 is 5.97 Å². The minimum Gasteiger partial charge on any atom is -0.461 e. The van der Waals surface area contributed by atoms with Crippen molar-refractivity contribution in [1.82, 2.24) is 24.3 Å². The van der Waals surface area contributed by atoms with Gasteiger partial charge >= 0.3 is 11.7 Å². The number of amides is 1. The minimum absolute atomic E-state index is 0.189. The summed E-state index contributed by atoms with van der Waals surface area (Å²) >= 11 is 0. The second-order valence-corrected chi connectivity index (χ2v) is 5.26. The van der Waals surface area contributed by atoms with Crippen LogP contribution >= 0.6 is 0 Å². The molecule has 0 unspecified atom stereocenters. The Morgan fingerprint density at radius 2 is 2.24 bits per heavy atom. The molecule has 1 amide bonds. The highest BCUT2D eigenvalue weighted by Crippen LogP contribution is 2.03. The molecule has 0 radical (unpaired) electrons. The van der Waals surface area contributed by atoms with Gasteiger partial charge in [-0.3, -0.25) is 9.20 Å². The zero-order valence-electron chi connectivity index (χ0n) is 13.6. The second-order valence-electron chi connectivity index (χ2n) is 5.26. The smallest absolute Gasteiger partial charge is 0.358 e. The number of aromatic amines is 1. The highest BCUT2D eigenvalue weighted by molar-refractivity contribution is 5.93. The number of fused-ring (bicyclic) bond motifs is 1. The molecule has 2 N–H and O–H groups in total. The van der Waals surface area contributed by atoms with E-state index in [1.807, 2.05) is 0 Å². The average molecular weight is 343 g/mol. The van der Waals surface area contributed by atoms with E-state index in [4.69, 9.17) is 4.74 Å². The molecule has 25 heavy (non-hydrogen) atoms. The average Bonchev–Trinajstić information content (AvgIpc) is 3.24. The van der Waals surface area contributed by atoms with Gasteiger partial charge < -0.3 is 19.6 Å². The second kappa shape index (κ2) is 7.04. The van der Waals surface area contributed by atoms with Crippen LogP contribution in [0.2, 0.25) is 0 Å². The summed E-state index contributed by atoms with van der Waals surface area (Å²) in [6.45, 7) is 2.74. The van der Waals surface area contributed by atoms with Crippen LogP contribution in [0.5, 0.6) is 0 Å². The monoisotopic (exact) mass is 343 g/mol. The Balaban J connectivity index is 1.59. The fourth-order valence-electron chi connectivity index (χ4n) is 2.36. The highest BCUT2D eigenvalue weighted by Gasteiger charge is 2.11. The number of imidazole rings is 1. The van der Waals surface area contributed by atoms with E-state index in [9.17, 15) is 14.4 Å². The first-order valence-corrected chi connectivity index (χ1v) is 7.76. The molecule has 0 spiro atoms. The molecule has 9 nitrogen and oxygen atoms in total. The molecule has 0 bridgehead atoms. The van der Waals surface area contributed by atoms with Crippen LogP contribution in [-0.4, -0.2) is 44.0 Å². The molecule has 0 aliphatic heterocycles. The predicted octanol–water partition coefficient (Wildman–Crippen LogP) is 0.431. The van der Waals surface area contributed by atoms with Gasteiger partial charge in [0.1, 0.15) is 5.69 Å². The van der Waals surface area contributed by atoms with Gasteiger partial charge in [0, 0.05) is 25.5 Å². The van der Waals surface area contributed by atoms with E-state index in [1.165, 1.54) is 10.7 Å². The van der Waals surface area contributed by atoms with Gasteiger partial charge in [-0.05, 0) is 25.1 Å². The molecule has 3 rings (SSSR count). The van der Waals surface area contributed by atoms with Gasteiger partial charge in [0.2, 0.25) is 0 Å². The van der Waals surface area contributed by atoms with Crippen LogP contribution < -0.4 is 11.0 Å². The van der Waals surface area contributed by atoms with E-state index in [-0.39, 0.29) is 29.6 Å². The van der Waals surface area contributed by atoms with Crippen LogP contribution in [0.25, 0.3) is 5.52 Å². The van der Waals surface area contributed by atoms with Crippen molar-refractivity contribution in [2.24, 2.45) is 0 Å². The van der Waals surface area contributed by atoms with Gasteiger partial charge in [0.05, 0.1) is 18.5 Å². The number of carbonyl (C=O) groups excluding carboxylic acids is 2. The first-order chi connectivity index (χ1) is 12.1. The van der Waals surface area contributed by atoms with Gasteiger partial charge in [-0.25, -0.2) is 14.6 Å². The Hall–Kier alpha value is -3.36. The van der Waals surface area contributed by atoms with Crippen molar-refractivity contribution in [1.29, 1.82) is 0 Å².